The molecule has 1 aliphatic rings. The van der Waals surface area contributed by atoms with Crippen LogP contribution < -0.4 is 5.30 Å². The molecule has 0 N–H and O–H groups in total. The lowest BCUT2D eigenvalue weighted by Gasteiger charge is -2.38. The Morgan fingerprint density at radius 3 is 2.29 bits per heavy atom. The lowest BCUT2D eigenvalue weighted by molar-refractivity contribution is 0.0477. The quantitative estimate of drug-likeness (QED) is 0.368. The Bertz CT molecular complexity index is 1000. The number of hydrogen-bond acceptors (Lipinski definition) is 5. The molecule has 2 aromatic rings. The van der Waals surface area contributed by atoms with E-state index in [-0.39, 0.29) is 16.9 Å². The summed E-state index contributed by atoms with van der Waals surface area (Å²) in [4.78, 5) is 0.0454. The highest BCUT2D eigenvalue weighted by molar-refractivity contribution is 7.87. The third kappa shape index (κ3) is 6.07. The summed E-state index contributed by atoms with van der Waals surface area (Å²) in [6.45, 7) is 8.37. The molecule has 0 aliphatic heterocycles. The zero-order valence-electron chi connectivity index (χ0n) is 18.7. The second-order valence-electron chi connectivity index (χ2n) is 8.99. The Balaban J connectivity index is 1.87. The standard InChI is InChI=1S/C24H33O5PS/c1-18(2)23-15-12-20(4)16-24(23)29-30(25,21-8-6-5-7-9-21)17-28-31(26,27)22-13-10-19(3)11-14-22/h5-11,13-14,18,20,23-24H,12,15-17H2,1-4H3/t20-,23+,24-,30-/m1/s1. The number of aryl methyl sites for hydroxylation is 1. The lowest BCUT2D eigenvalue weighted by Crippen LogP contribution is -2.35. The van der Waals surface area contributed by atoms with Gasteiger partial charge in [-0.25, -0.2) is 0 Å². The largest absolute Gasteiger partial charge is 0.320 e. The molecule has 0 aromatic heterocycles. The number of hydrogen-bond donors (Lipinski definition) is 0. The Hall–Kier alpha value is -1.46. The first-order chi connectivity index (χ1) is 14.6. The first kappa shape index (κ1) is 24.2. The van der Waals surface area contributed by atoms with Crippen LogP contribution in [0.25, 0.3) is 0 Å². The van der Waals surface area contributed by atoms with E-state index in [1.165, 1.54) is 12.1 Å². The van der Waals surface area contributed by atoms with Crippen molar-refractivity contribution in [2.45, 2.75) is 58.0 Å². The van der Waals surface area contributed by atoms with Gasteiger partial charge in [-0.2, -0.15) is 8.42 Å². The van der Waals surface area contributed by atoms with Gasteiger partial charge in [0.05, 0.1) is 11.0 Å². The zero-order chi connectivity index (χ0) is 22.6. The van der Waals surface area contributed by atoms with E-state index < -0.39 is 23.8 Å². The lowest BCUT2D eigenvalue weighted by atomic mass is 9.75. The SMILES string of the molecule is Cc1ccc(S(=O)(=O)OC[P@@](=O)(O[C@@H]2C[C@H](C)CC[C@H]2C(C)C)c2ccccc2)cc1. The first-order valence-corrected chi connectivity index (χ1v) is 14.1. The van der Waals surface area contributed by atoms with Gasteiger partial charge in [-0.3, -0.25) is 8.75 Å². The molecule has 0 unspecified atom stereocenters. The van der Waals surface area contributed by atoms with Crippen LogP contribution in [-0.4, -0.2) is 20.9 Å². The monoisotopic (exact) mass is 464 g/mol. The molecule has 0 spiro atoms. The van der Waals surface area contributed by atoms with Crippen LogP contribution in [0.15, 0.2) is 59.5 Å². The minimum atomic E-state index is -4.05. The predicted molar refractivity (Wildman–Crippen MR) is 124 cm³/mol. The second kappa shape index (κ2) is 9.99. The minimum absolute atomic E-state index is 0.0454. The molecule has 4 atom stereocenters. The van der Waals surface area contributed by atoms with Gasteiger partial charge in [-0.1, -0.05) is 63.1 Å². The fourth-order valence-electron chi connectivity index (χ4n) is 4.19. The van der Waals surface area contributed by atoms with Crippen molar-refractivity contribution >= 4 is 22.8 Å². The van der Waals surface area contributed by atoms with E-state index in [2.05, 4.69) is 20.8 Å². The summed E-state index contributed by atoms with van der Waals surface area (Å²) in [6.07, 6.45) is 2.24. The van der Waals surface area contributed by atoms with Crippen LogP contribution in [0.4, 0.5) is 0 Å². The summed E-state index contributed by atoms with van der Waals surface area (Å²) >= 11 is 0. The van der Waals surface area contributed by atoms with E-state index in [1.807, 2.05) is 13.0 Å². The van der Waals surface area contributed by atoms with Gasteiger partial charge in [0.1, 0.15) is 6.35 Å². The van der Waals surface area contributed by atoms with Crippen LogP contribution in [0.2, 0.25) is 0 Å². The van der Waals surface area contributed by atoms with Crippen LogP contribution >= 0.6 is 7.37 Å². The fourth-order valence-corrected chi connectivity index (χ4v) is 7.54. The summed E-state index contributed by atoms with van der Waals surface area (Å²) in [5.41, 5.74) is 0.948. The Morgan fingerprint density at radius 2 is 1.68 bits per heavy atom. The third-order valence-corrected chi connectivity index (χ3v) is 9.72. The van der Waals surface area contributed by atoms with E-state index in [4.69, 9.17) is 8.71 Å². The van der Waals surface area contributed by atoms with E-state index in [0.29, 0.717) is 17.1 Å². The molecule has 0 bridgehead atoms. The van der Waals surface area contributed by atoms with E-state index in [0.717, 1.165) is 24.8 Å². The summed E-state index contributed by atoms with van der Waals surface area (Å²) in [7, 11) is -7.62. The van der Waals surface area contributed by atoms with Crippen LogP contribution in [0, 0.1) is 24.7 Å². The molecule has 170 valence electrons. The van der Waals surface area contributed by atoms with E-state index in [1.54, 1.807) is 36.4 Å². The highest BCUT2D eigenvalue weighted by atomic mass is 32.2. The van der Waals surface area contributed by atoms with Gasteiger partial charge in [-0.05, 0) is 61.8 Å². The maximum atomic E-state index is 14.1. The molecular weight excluding hydrogens is 431 g/mol. The van der Waals surface area contributed by atoms with Gasteiger partial charge in [0.2, 0.25) is 0 Å². The van der Waals surface area contributed by atoms with Gasteiger partial charge in [0, 0.05) is 5.30 Å². The first-order valence-electron chi connectivity index (χ1n) is 10.9. The average Bonchev–Trinajstić information content (AvgIpc) is 2.73. The van der Waals surface area contributed by atoms with Gasteiger partial charge < -0.3 is 4.52 Å². The molecule has 0 amide bonds. The molecule has 0 saturated heterocycles. The van der Waals surface area contributed by atoms with Crippen LogP contribution in [0.3, 0.4) is 0 Å². The molecule has 2 aromatic carbocycles. The van der Waals surface area contributed by atoms with Gasteiger partial charge in [0.15, 0.2) is 0 Å². The molecule has 0 heterocycles. The van der Waals surface area contributed by atoms with Gasteiger partial charge >= 0.3 is 0 Å². The minimum Gasteiger partial charge on any atom is -0.320 e. The maximum absolute atomic E-state index is 14.1. The molecule has 1 aliphatic carbocycles. The molecule has 7 heteroatoms. The normalized spacial score (nSPS) is 24.1. The smallest absolute Gasteiger partial charge is 0.297 e. The van der Waals surface area contributed by atoms with Crippen molar-refractivity contribution in [3.05, 3.63) is 60.2 Å². The summed E-state index contributed by atoms with van der Waals surface area (Å²) in [5.74, 6) is 1.14. The highest BCUT2D eigenvalue weighted by Crippen LogP contribution is 2.51. The van der Waals surface area contributed by atoms with Crippen LogP contribution in [0.5, 0.6) is 0 Å². The Kier molecular flexibility index (Phi) is 7.80. The molecule has 5 nitrogen and oxygen atoms in total. The van der Waals surface area contributed by atoms with Crippen molar-refractivity contribution in [3.8, 4) is 0 Å². The fraction of sp³-hybridized carbons (Fsp3) is 0.500. The number of benzene rings is 2. The van der Waals surface area contributed by atoms with E-state index >= 15 is 0 Å². The van der Waals surface area contributed by atoms with Crippen molar-refractivity contribution in [2.24, 2.45) is 17.8 Å². The Morgan fingerprint density at radius 1 is 1.03 bits per heavy atom. The van der Waals surface area contributed by atoms with Crippen LogP contribution in [0.1, 0.15) is 45.6 Å². The molecule has 1 fully saturated rings. The molecular formula is C24H33O5PS. The third-order valence-electron chi connectivity index (χ3n) is 6.10. The van der Waals surface area contributed by atoms with Crippen LogP contribution in [-0.2, 0) is 23.4 Å². The van der Waals surface area contributed by atoms with Crippen molar-refractivity contribution in [2.75, 3.05) is 6.35 Å². The van der Waals surface area contributed by atoms with Gasteiger partial charge in [0.25, 0.3) is 17.5 Å². The number of rotatable bonds is 8. The Labute approximate surface area is 186 Å². The summed E-state index contributed by atoms with van der Waals surface area (Å²) in [5, 5.41) is 0.481. The van der Waals surface area contributed by atoms with Crippen molar-refractivity contribution in [3.63, 3.8) is 0 Å². The topological polar surface area (TPSA) is 69.7 Å². The van der Waals surface area contributed by atoms with Crippen molar-refractivity contribution < 1.29 is 21.7 Å². The van der Waals surface area contributed by atoms with Gasteiger partial charge in [-0.15, -0.1) is 0 Å². The van der Waals surface area contributed by atoms with E-state index in [9.17, 15) is 13.0 Å². The average molecular weight is 465 g/mol. The summed E-state index contributed by atoms with van der Waals surface area (Å²) < 4.78 is 51.2. The molecule has 0 radical (unpaired) electrons. The zero-order valence-corrected chi connectivity index (χ0v) is 20.4. The molecule has 3 rings (SSSR count). The van der Waals surface area contributed by atoms with Crippen molar-refractivity contribution in [1.29, 1.82) is 0 Å². The maximum Gasteiger partial charge on any atom is 0.297 e. The molecule has 1 saturated carbocycles. The summed E-state index contributed by atoms with van der Waals surface area (Å²) in [6, 6.07) is 15.2. The highest BCUT2D eigenvalue weighted by Gasteiger charge is 2.39. The molecule has 31 heavy (non-hydrogen) atoms. The predicted octanol–water partition coefficient (Wildman–Crippen LogP) is 5.74. The van der Waals surface area contributed by atoms with Crippen molar-refractivity contribution in [1.82, 2.24) is 0 Å². The second-order valence-corrected chi connectivity index (χ2v) is 12.9.